The van der Waals surface area contributed by atoms with E-state index in [1.54, 1.807) is 24.3 Å². The molecule has 2 rings (SSSR count). The normalized spacial score (nSPS) is 11.4. The number of hydrogen-bond donors (Lipinski definition) is 1. The zero-order valence-electron chi connectivity index (χ0n) is 12.8. The molecular weight excluding hydrogens is 354 g/mol. The van der Waals surface area contributed by atoms with Crippen LogP contribution in [0.15, 0.2) is 33.5 Å². The second kappa shape index (κ2) is 7.89. The van der Waals surface area contributed by atoms with E-state index in [4.69, 9.17) is 0 Å². The van der Waals surface area contributed by atoms with Crippen LogP contribution in [0.3, 0.4) is 0 Å². The molecule has 1 amide bonds. The lowest BCUT2D eigenvalue weighted by molar-refractivity contribution is -0.115. The van der Waals surface area contributed by atoms with Crippen LogP contribution < -0.4 is 5.32 Å². The Hall–Kier alpha value is -1.45. The summed E-state index contributed by atoms with van der Waals surface area (Å²) >= 11 is 2.81. The summed E-state index contributed by atoms with van der Waals surface area (Å²) in [7, 11) is -3.47. The lowest BCUT2D eigenvalue weighted by Crippen LogP contribution is -2.17. The smallest absolute Gasteiger partial charge is 0.227 e. The molecule has 0 radical (unpaired) electrons. The number of carbonyl (C=O) groups is 1. The van der Waals surface area contributed by atoms with Crippen molar-refractivity contribution in [3.8, 4) is 0 Å². The van der Waals surface area contributed by atoms with Gasteiger partial charge in [0.1, 0.15) is 0 Å². The number of thioether (sulfide) groups is 1. The fourth-order valence-corrected chi connectivity index (χ4v) is 4.62. The second-order valence-electron chi connectivity index (χ2n) is 4.74. The molecule has 0 aliphatic heterocycles. The molecule has 0 aliphatic rings. The van der Waals surface area contributed by atoms with Gasteiger partial charge in [0.25, 0.3) is 0 Å². The molecule has 0 saturated carbocycles. The van der Waals surface area contributed by atoms with Crippen LogP contribution in [0.1, 0.15) is 18.9 Å². The predicted molar refractivity (Wildman–Crippen MR) is 92.8 cm³/mol. The number of carbonyl (C=O) groups excluding carboxylic acids is 1. The number of amides is 1. The maximum Gasteiger partial charge on any atom is 0.227 e. The molecule has 23 heavy (non-hydrogen) atoms. The molecule has 9 heteroatoms. The first-order valence-electron chi connectivity index (χ1n) is 6.96. The van der Waals surface area contributed by atoms with Crippen LogP contribution >= 0.6 is 23.1 Å². The Morgan fingerprint density at radius 2 is 1.96 bits per heavy atom. The molecule has 0 saturated heterocycles. The highest BCUT2D eigenvalue weighted by molar-refractivity contribution is 8.01. The Morgan fingerprint density at radius 3 is 2.61 bits per heavy atom. The number of benzene rings is 1. The number of rotatable bonds is 7. The average molecular weight is 372 g/mol. The Kier molecular flexibility index (Phi) is 6.14. The largest absolute Gasteiger partial charge is 0.300 e. The van der Waals surface area contributed by atoms with Crippen molar-refractivity contribution in [2.45, 2.75) is 29.5 Å². The molecule has 1 N–H and O–H groups in total. The fraction of sp³-hybridized carbons (Fsp3) is 0.357. The third kappa shape index (κ3) is 5.29. The van der Waals surface area contributed by atoms with Gasteiger partial charge in [-0.2, -0.15) is 0 Å². The average Bonchev–Trinajstić information content (AvgIpc) is 2.93. The molecule has 0 bridgehead atoms. The molecule has 0 aliphatic carbocycles. The van der Waals surface area contributed by atoms with Crippen LogP contribution in [-0.2, 0) is 14.6 Å². The zero-order chi connectivity index (χ0) is 16.9. The van der Waals surface area contributed by atoms with Crippen molar-refractivity contribution in [2.24, 2.45) is 0 Å². The molecule has 0 unspecified atom stereocenters. The van der Waals surface area contributed by atoms with E-state index in [0.29, 0.717) is 5.13 Å². The summed E-state index contributed by atoms with van der Waals surface area (Å²) in [6, 6.07) is 6.59. The van der Waals surface area contributed by atoms with Gasteiger partial charge in [-0.15, -0.1) is 10.2 Å². The van der Waals surface area contributed by atoms with Crippen LogP contribution in [0.5, 0.6) is 0 Å². The van der Waals surface area contributed by atoms with E-state index in [1.165, 1.54) is 23.1 Å². The predicted octanol–water partition coefficient (Wildman–Crippen LogP) is 2.76. The SMILES string of the molecule is CCSc1nnc(NC(=O)CCS(=O)(=O)c2ccc(C)cc2)s1. The molecule has 2 aromatic rings. The van der Waals surface area contributed by atoms with Crippen molar-refractivity contribution < 1.29 is 13.2 Å². The van der Waals surface area contributed by atoms with Gasteiger partial charge in [0.05, 0.1) is 10.6 Å². The summed E-state index contributed by atoms with van der Waals surface area (Å²) in [5, 5.41) is 10.7. The lowest BCUT2D eigenvalue weighted by Gasteiger charge is -2.05. The number of aromatic nitrogens is 2. The Bertz CT molecular complexity index is 770. The van der Waals surface area contributed by atoms with E-state index in [0.717, 1.165) is 15.7 Å². The summed E-state index contributed by atoms with van der Waals surface area (Å²) in [5.41, 5.74) is 0.985. The van der Waals surface area contributed by atoms with Gasteiger partial charge in [0, 0.05) is 6.42 Å². The number of aryl methyl sites for hydroxylation is 1. The summed E-state index contributed by atoms with van der Waals surface area (Å²) < 4.78 is 25.1. The van der Waals surface area contributed by atoms with Gasteiger partial charge in [0.15, 0.2) is 14.2 Å². The number of hydrogen-bond acceptors (Lipinski definition) is 7. The van der Waals surface area contributed by atoms with Gasteiger partial charge in [-0.05, 0) is 24.8 Å². The third-order valence-electron chi connectivity index (χ3n) is 2.90. The number of nitrogens with zero attached hydrogens (tertiary/aromatic N) is 2. The molecule has 1 aromatic heterocycles. The Morgan fingerprint density at radius 1 is 1.26 bits per heavy atom. The Balaban J connectivity index is 1.91. The van der Waals surface area contributed by atoms with Crippen LogP contribution in [0.4, 0.5) is 5.13 Å². The van der Waals surface area contributed by atoms with E-state index in [1.807, 2.05) is 13.8 Å². The van der Waals surface area contributed by atoms with Gasteiger partial charge in [-0.25, -0.2) is 8.42 Å². The Labute approximate surface area is 143 Å². The van der Waals surface area contributed by atoms with Crippen LogP contribution in [-0.4, -0.2) is 36.0 Å². The molecule has 124 valence electrons. The van der Waals surface area contributed by atoms with Crippen LogP contribution in [0.25, 0.3) is 0 Å². The number of sulfone groups is 1. The minimum atomic E-state index is -3.47. The van der Waals surface area contributed by atoms with Gasteiger partial charge in [-0.3, -0.25) is 4.79 Å². The zero-order valence-corrected chi connectivity index (χ0v) is 15.2. The van der Waals surface area contributed by atoms with Crippen molar-refractivity contribution >= 4 is 44.0 Å². The van der Waals surface area contributed by atoms with Gasteiger partial charge in [-0.1, -0.05) is 47.7 Å². The minimum Gasteiger partial charge on any atom is -0.300 e. The summed E-state index contributed by atoms with van der Waals surface area (Å²) in [5.74, 6) is 0.249. The molecule has 0 fully saturated rings. The van der Waals surface area contributed by atoms with E-state index >= 15 is 0 Å². The lowest BCUT2D eigenvalue weighted by atomic mass is 10.2. The number of anilines is 1. The standard InChI is InChI=1S/C14H17N3O3S3/c1-3-21-14-17-16-13(22-14)15-12(18)8-9-23(19,20)11-6-4-10(2)5-7-11/h4-7H,3,8-9H2,1-2H3,(H,15,16,18). The fourth-order valence-electron chi connectivity index (χ4n) is 1.71. The van der Waals surface area contributed by atoms with Crippen molar-refractivity contribution in [2.75, 3.05) is 16.8 Å². The van der Waals surface area contributed by atoms with Gasteiger partial charge in [0.2, 0.25) is 11.0 Å². The first kappa shape index (κ1) is 17.9. The molecular formula is C14H17N3O3S3. The molecule has 6 nitrogen and oxygen atoms in total. The van der Waals surface area contributed by atoms with E-state index in [9.17, 15) is 13.2 Å². The summed E-state index contributed by atoms with van der Waals surface area (Å²) in [6.07, 6.45) is -0.119. The number of nitrogens with one attached hydrogen (secondary N) is 1. The van der Waals surface area contributed by atoms with Crippen molar-refractivity contribution in [3.63, 3.8) is 0 Å². The van der Waals surface area contributed by atoms with Gasteiger partial charge < -0.3 is 5.32 Å². The molecule has 0 atom stereocenters. The molecule has 0 spiro atoms. The second-order valence-corrected chi connectivity index (χ2v) is 9.33. The monoisotopic (exact) mass is 371 g/mol. The van der Waals surface area contributed by atoms with Crippen LogP contribution in [0.2, 0.25) is 0 Å². The van der Waals surface area contributed by atoms with Crippen molar-refractivity contribution in [1.29, 1.82) is 0 Å². The topological polar surface area (TPSA) is 89.0 Å². The van der Waals surface area contributed by atoms with Crippen molar-refractivity contribution in [3.05, 3.63) is 29.8 Å². The van der Waals surface area contributed by atoms with Crippen LogP contribution in [0, 0.1) is 6.92 Å². The van der Waals surface area contributed by atoms with E-state index < -0.39 is 9.84 Å². The summed E-state index contributed by atoms with van der Waals surface area (Å²) in [4.78, 5) is 12.1. The first-order chi connectivity index (χ1) is 10.9. The third-order valence-corrected chi connectivity index (χ3v) is 6.48. The maximum atomic E-state index is 12.2. The van der Waals surface area contributed by atoms with E-state index in [2.05, 4.69) is 15.5 Å². The highest BCUT2D eigenvalue weighted by atomic mass is 32.2. The quantitative estimate of drug-likeness (QED) is 0.595. The maximum absolute atomic E-state index is 12.2. The van der Waals surface area contributed by atoms with Crippen molar-refractivity contribution in [1.82, 2.24) is 10.2 Å². The molecule has 1 aromatic carbocycles. The van der Waals surface area contributed by atoms with E-state index in [-0.39, 0.29) is 23.0 Å². The molecule has 1 heterocycles. The minimum absolute atomic E-state index is 0.119. The van der Waals surface area contributed by atoms with Gasteiger partial charge >= 0.3 is 0 Å². The first-order valence-corrected chi connectivity index (χ1v) is 10.4. The highest BCUT2D eigenvalue weighted by Gasteiger charge is 2.17. The summed E-state index contributed by atoms with van der Waals surface area (Å²) in [6.45, 7) is 3.89. The highest BCUT2D eigenvalue weighted by Crippen LogP contribution is 2.25.